The van der Waals surface area contributed by atoms with E-state index in [9.17, 15) is 4.79 Å². The molecule has 154 valence electrons. The number of piperidine rings is 1. The average molecular weight is 418 g/mol. The lowest BCUT2D eigenvalue weighted by Crippen LogP contribution is -2.63. The third kappa shape index (κ3) is 3.62. The summed E-state index contributed by atoms with van der Waals surface area (Å²) >= 11 is 6.54. The van der Waals surface area contributed by atoms with Crippen LogP contribution in [0.2, 0.25) is 5.02 Å². The maximum Gasteiger partial charge on any atom is 0.228 e. The highest BCUT2D eigenvalue weighted by molar-refractivity contribution is 6.32. The fourth-order valence-electron chi connectivity index (χ4n) is 4.44. The van der Waals surface area contributed by atoms with Gasteiger partial charge in [-0.25, -0.2) is 9.37 Å². The minimum Gasteiger partial charge on any atom is -0.377 e. The van der Waals surface area contributed by atoms with Crippen molar-refractivity contribution in [3.63, 3.8) is 0 Å². The van der Waals surface area contributed by atoms with E-state index in [0.29, 0.717) is 30.6 Å². The molecule has 1 aromatic carbocycles. The van der Waals surface area contributed by atoms with Gasteiger partial charge in [0, 0.05) is 35.0 Å². The molecular formula is C22H25ClFN3O2. The van der Waals surface area contributed by atoms with E-state index < -0.39 is 6.17 Å². The summed E-state index contributed by atoms with van der Waals surface area (Å²) in [5.74, 6) is 0.446. The maximum atomic E-state index is 15.2. The Morgan fingerprint density at radius 2 is 2.07 bits per heavy atom. The Labute approximate surface area is 174 Å². The molecule has 2 aliphatic heterocycles. The molecule has 1 amide bonds. The predicted octanol–water partition coefficient (Wildman–Crippen LogP) is 4.15. The molecule has 5 rings (SSSR count). The van der Waals surface area contributed by atoms with Gasteiger partial charge in [-0.15, -0.1) is 0 Å². The molecule has 0 unspecified atom stereocenters. The molecule has 3 heterocycles. The molecule has 3 aliphatic rings. The standard InChI is InChI=1S/C22H25ClFN3O2/c1-22(11-29-12-22)27-5-4-16(19(24)10-27)17-6-14-8-20(26-21(28)13-2-3-13)25-9-15(14)7-18(17)23/h6-9,13,16,19H,2-5,10-12H2,1H3,(H,25,26,28)/t16-,19+/m1/s1. The number of ether oxygens (including phenoxy) is 1. The number of fused-ring (bicyclic) bond motifs is 1. The van der Waals surface area contributed by atoms with Crippen molar-refractivity contribution in [2.45, 2.75) is 43.8 Å². The van der Waals surface area contributed by atoms with Crippen LogP contribution in [0.4, 0.5) is 10.2 Å². The topological polar surface area (TPSA) is 54.5 Å². The van der Waals surface area contributed by atoms with E-state index in [4.69, 9.17) is 16.3 Å². The number of pyridine rings is 1. The second-order valence-corrected chi connectivity index (χ2v) is 9.31. The minimum atomic E-state index is -0.980. The Balaban J connectivity index is 1.38. The Kier molecular flexibility index (Phi) is 4.76. The van der Waals surface area contributed by atoms with Gasteiger partial charge in [0.15, 0.2) is 0 Å². The molecular weight excluding hydrogens is 393 g/mol. The van der Waals surface area contributed by atoms with Gasteiger partial charge < -0.3 is 10.1 Å². The predicted molar refractivity (Wildman–Crippen MR) is 111 cm³/mol. The number of nitrogens with zero attached hydrogens (tertiary/aromatic N) is 2. The van der Waals surface area contributed by atoms with Gasteiger partial charge in [-0.05, 0) is 61.9 Å². The van der Waals surface area contributed by atoms with E-state index in [2.05, 4.69) is 22.1 Å². The van der Waals surface area contributed by atoms with Crippen LogP contribution in [0.25, 0.3) is 10.8 Å². The number of nitrogens with one attached hydrogen (secondary N) is 1. The molecule has 2 saturated heterocycles. The Morgan fingerprint density at radius 3 is 2.72 bits per heavy atom. The zero-order valence-electron chi connectivity index (χ0n) is 16.5. The summed E-state index contributed by atoms with van der Waals surface area (Å²) in [6.07, 6.45) is 3.34. The van der Waals surface area contributed by atoms with Crippen molar-refractivity contribution in [2.75, 3.05) is 31.6 Å². The van der Waals surface area contributed by atoms with Crippen molar-refractivity contribution < 1.29 is 13.9 Å². The number of alkyl halides is 1. The van der Waals surface area contributed by atoms with Gasteiger partial charge in [0.1, 0.15) is 12.0 Å². The van der Waals surface area contributed by atoms with Crippen molar-refractivity contribution in [1.29, 1.82) is 0 Å². The average Bonchev–Trinajstić information content (AvgIpc) is 3.51. The van der Waals surface area contributed by atoms with Crippen LogP contribution in [-0.2, 0) is 9.53 Å². The number of amides is 1. The molecule has 5 nitrogen and oxygen atoms in total. The zero-order chi connectivity index (χ0) is 20.2. The SMILES string of the molecule is CC1(N2CC[C@H](c3cc4cc(NC(=O)C5CC5)ncc4cc3Cl)[C@@H](F)C2)COC1. The van der Waals surface area contributed by atoms with E-state index in [-0.39, 0.29) is 23.3 Å². The van der Waals surface area contributed by atoms with Gasteiger partial charge in [-0.2, -0.15) is 0 Å². The summed E-state index contributed by atoms with van der Waals surface area (Å²) in [6.45, 7) is 4.71. The second kappa shape index (κ2) is 7.18. The monoisotopic (exact) mass is 417 g/mol. The van der Waals surface area contributed by atoms with E-state index in [0.717, 1.165) is 42.1 Å². The maximum absolute atomic E-state index is 15.2. The normalized spacial score (nSPS) is 26.9. The second-order valence-electron chi connectivity index (χ2n) is 8.90. The van der Waals surface area contributed by atoms with E-state index in [1.54, 1.807) is 6.20 Å². The largest absolute Gasteiger partial charge is 0.377 e. The number of carbonyl (C=O) groups is 1. The van der Waals surface area contributed by atoms with Gasteiger partial charge in [-0.3, -0.25) is 9.69 Å². The first-order chi connectivity index (χ1) is 13.9. The van der Waals surface area contributed by atoms with Crippen molar-refractivity contribution in [1.82, 2.24) is 9.88 Å². The Hall–Kier alpha value is -1.76. The number of benzene rings is 1. The first-order valence-corrected chi connectivity index (χ1v) is 10.7. The van der Waals surface area contributed by atoms with Gasteiger partial charge in [-0.1, -0.05) is 11.6 Å². The summed E-state index contributed by atoms with van der Waals surface area (Å²) < 4.78 is 20.5. The van der Waals surface area contributed by atoms with Gasteiger partial charge in [0.25, 0.3) is 0 Å². The minimum absolute atomic E-state index is 0.0238. The first-order valence-electron chi connectivity index (χ1n) is 10.3. The Morgan fingerprint density at radius 1 is 1.28 bits per heavy atom. The number of rotatable bonds is 4. The van der Waals surface area contributed by atoms with E-state index >= 15 is 4.39 Å². The van der Waals surface area contributed by atoms with Gasteiger partial charge in [0.2, 0.25) is 5.91 Å². The first kappa shape index (κ1) is 19.2. The molecule has 2 atom stereocenters. The highest BCUT2D eigenvalue weighted by Crippen LogP contribution is 2.40. The summed E-state index contributed by atoms with van der Waals surface area (Å²) in [7, 11) is 0. The number of anilines is 1. The van der Waals surface area contributed by atoms with Crippen LogP contribution >= 0.6 is 11.6 Å². The molecule has 0 spiro atoms. The molecule has 1 aromatic heterocycles. The third-order valence-corrected chi connectivity index (χ3v) is 6.89. The molecule has 1 saturated carbocycles. The van der Waals surface area contributed by atoms with Crippen LogP contribution in [0.15, 0.2) is 24.4 Å². The number of likely N-dealkylation sites (tertiary alicyclic amines) is 1. The summed E-state index contributed by atoms with van der Waals surface area (Å²) in [4.78, 5) is 18.6. The molecule has 2 aromatic rings. The highest BCUT2D eigenvalue weighted by Gasteiger charge is 2.44. The third-order valence-electron chi connectivity index (χ3n) is 6.57. The fraction of sp³-hybridized carbons (Fsp3) is 0.545. The lowest BCUT2D eigenvalue weighted by atomic mass is 9.84. The van der Waals surface area contributed by atoms with Crippen LogP contribution < -0.4 is 5.32 Å². The fourth-order valence-corrected chi connectivity index (χ4v) is 4.75. The molecule has 0 bridgehead atoms. The van der Waals surface area contributed by atoms with Crippen molar-refractivity contribution >= 4 is 34.1 Å². The van der Waals surface area contributed by atoms with Crippen LogP contribution in [0.3, 0.4) is 0 Å². The van der Waals surface area contributed by atoms with Crippen LogP contribution in [-0.4, -0.2) is 53.8 Å². The molecule has 1 aliphatic carbocycles. The number of hydrogen-bond donors (Lipinski definition) is 1. The smallest absolute Gasteiger partial charge is 0.228 e. The van der Waals surface area contributed by atoms with Gasteiger partial charge >= 0.3 is 0 Å². The number of halogens is 2. The molecule has 3 fully saturated rings. The molecule has 1 N–H and O–H groups in total. The van der Waals surface area contributed by atoms with E-state index in [1.165, 1.54) is 0 Å². The Bertz CT molecular complexity index is 960. The zero-order valence-corrected chi connectivity index (χ0v) is 17.2. The quantitative estimate of drug-likeness (QED) is 0.811. The number of aromatic nitrogens is 1. The lowest BCUT2D eigenvalue weighted by Gasteiger charge is -2.50. The van der Waals surface area contributed by atoms with Crippen molar-refractivity contribution in [2.24, 2.45) is 5.92 Å². The highest BCUT2D eigenvalue weighted by atomic mass is 35.5. The van der Waals surface area contributed by atoms with Crippen LogP contribution in [0, 0.1) is 5.92 Å². The summed E-state index contributed by atoms with van der Waals surface area (Å²) in [5, 5.41) is 5.26. The number of carbonyl (C=O) groups excluding carboxylic acids is 1. The van der Waals surface area contributed by atoms with Crippen molar-refractivity contribution in [3.05, 3.63) is 35.0 Å². The number of hydrogen-bond acceptors (Lipinski definition) is 4. The lowest BCUT2D eigenvalue weighted by molar-refractivity contribution is -0.143. The van der Waals surface area contributed by atoms with E-state index in [1.807, 2.05) is 18.2 Å². The summed E-state index contributed by atoms with van der Waals surface area (Å²) in [6, 6.07) is 5.67. The van der Waals surface area contributed by atoms with Crippen molar-refractivity contribution in [3.8, 4) is 0 Å². The molecule has 0 radical (unpaired) electrons. The molecule has 7 heteroatoms. The van der Waals surface area contributed by atoms with Crippen LogP contribution in [0.1, 0.15) is 37.7 Å². The molecule has 29 heavy (non-hydrogen) atoms. The van der Waals surface area contributed by atoms with Gasteiger partial charge in [0.05, 0.1) is 18.8 Å². The van der Waals surface area contributed by atoms with Crippen LogP contribution in [0.5, 0.6) is 0 Å². The summed E-state index contributed by atoms with van der Waals surface area (Å²) in [5.41, 5.74) is 0.801.